The molecule has 0 saturated heterocycles. The van der Waals surface area contributed by atoms with Crippen molar-refractivity contribution in [1.82, 2.24) is 9.97 Å². The van der Waals surface area contributed by atoms with E-state index in [0.717, 1.165) is 16.8 Å². The standard InChI is InChI=1S/C12H13BrN4/c1-17(12-6-11(14)15-8-16-12)7-9-3-2-4-10(13)5-9/h2-6,8H,7H2,1H3,(H2,14,15,16). The third-order valence-electron chi connectivity index (χ3n) is 2.37. The fourth-order valence-corrected chi connectivity index (χ4v) is 2.01. The van der Waals surface area contributed by atoms with Crippen molar-refractivity contribution < 1.29 is 0 Å². The minimum atomic E-state index is 0.482. The van der Waals surface area contributed by atoms with E-state index in [9.17, 15) is 0 Å². The summed E-state index contributed by atoms with van der Waals surface area (Å²) in [5.41, 5.74) is 6.84. The number of nitrogens with zero attached hydrogens (tertiary/aromatic N) is 3. The second kappa shape index (κ2) is 5.14. The van der Waals surface area contributed by atoms with Crippen LogP contribution >= 0.6 is 15.9 Å². The molecule has 2 N–H and O–H groups in total. The molecule has 0 atom stereocenters. The first kappa shape index (κ1) is 11.9. The maximum absolute atomic E-state index is 5.63. The third-order valence-corrected chi connectivity index (χ3v) is 2.87. The van der Waals surface area contributed by atoms with Crippen molar-refractivity contribution in [2.45, 2.75) is 6.54 Å². The molecule has 0 radical (unpaired) electrons. The number of nitrogens with two attached hydrogens (primary N) is 1. The highest BCUT2D eigenvalue weighted by Crippen LogP contribution is 2.16. The van der Waals surface area contributed by atoms with Gasteiger partial charge < -0.3 is 10.6 Å². The Morgan fingerprint density at radius 3 is 2.82 bits per heavy atom. The predicted octanol–water partition coefficient (Wildman–Crippen LogP) is 2.46. The zero-order chi connectivity index (χ0) is 12.3. The van der Waals surface area contributed by atoms with Crippen molar-refractivity contribution in [3.63, 3.8) is 0 Å². The minimum absolute atomic E-state index is 0.482. The van der Waals surface area contributed by atoms with Gasteiger partial charge in [-0.2, -0.15) is 0 Å². The number of benzene rings is 1. The molecule has 1 aromatic heterocycles. The van der Waals surface area contributed by atoms with Crippen LogP contribution in [-0.4, -0.2) is 17.0 Å². The van der Waals surface area contributed by atoms with Crippen LogP contribution in [0.15, 0.2) is 41.1 Å². The normalized spacial score (nSPS) is 10.2. The molecule has 2 aromatic rings. The third kappa shape index (κ3) is 3.17. The van der Waals surface area contributed by atoms with E-state index in [1.54, 1.807) is 6.07 Å². The topological polar surface area (TPSA) is 55.0 Å². The Labute approximate surface area is 109 Å². The van der Waals surface area contributed by atoms with Gasteiger partial charge in [-0.1, -0.05) is 28.1 Å². The molecule has 1 heterocycles. The second-order valence-corrected chi connectivity index (χ2v) is 4.70. The summed E-state index contributed by atoms with van der Waals surface area (Å²) < 4.78 is 1.07. The van der Waals surface area contributed by atoms with Crippen LogP contribution in [0.2, 0.25) is 0 Å². The van der Waals surface area contributed by atoms with E-state index in [-0.39, 0.29) is 0 Å². The van der Waals surface area contributed by atoms with Crippen LogP contribution in [0.25, 0.3) is 0 Å². The molecule has 0 fully saturated rings. The van der Waals surface area contributed by atoms with Crippen LogP contribution in [0.3, 0.4) is 0 Å². The molecule has 0 bridgehead atoms. The molecule has 0 unspecified atom stereocenters. The smallest absolute Gasteiger partial charge is 0.134 e. The van der Waals surface area contributed by atoms with E-state index < -0.39 is 0 Å². The number of hydrogen-bond donors (Lipinski definition) is 1. The number of hydrogen-bond acceptors (Lipinski definition) is 4. The van der Waals surface area contributed by atoms with Gasteiger partial charge in [-0.05, 0) is 17.7 Å². The van der Waals surface area contributed by atoms with Gasteiger partial charge in [0, 0.05) is 24.1 Å². The Morgan fingerprint density at radius 2 is 2.12 bits per heavy atom. The Bertz CT molecular complexity index is 515. The molecule has 0 saturated carbocycles. The minimum Gasteiger partial charge on any atom is -0.384 e. The van der Waals surface area contributed by atoms with Crippen molar-refractivity contribution in [2.24, 2.45) is 0 Å². The van der Waals surface area contributed by atoms with E-state index in [1.807, 2.05) is 24.1 Å². The average Bonchev–Trinajstić information content (AvgIpc) is 2.29. The first-order chi connectivity index (χ1) is 8.15. The molecule has 0 spiro atoms. The highest BCUT2D eigenvalue weighted by Gasteiger charge is 2.04. The van der Waals surface area contributed by atoms with Gasteiger partial charge in [0.05, 0.1) is 0 Å². The lowest BCUT2D eigenvalue weighted by molar-refractivity contribution is 0.891. The molecule has 0 aliphatic heterocycles. The molecule has 5 heteroatoms. The quantitative estimate of drug-likeness (QED) is 0.944. The molecule has 0 aliphatic rings. The van der Waals surface area contributed by atoms with Crippen molar-refractivity contribution >= 4 is 27.6 Å². The molecule has 4 nitrogen and oxygen atoms in total. The fraction of sp³-hybridized carbons (Fsp3) is 0.167. The van der Waals surface area contributed by atoms with E-state index in [1.165, 1.54) is 11.9 Å². The predicted molar refractivity (Wildman–Crippen MR) is 72.7 cm³/mol. The van der Waals surface area contributed by atoms with Crippen LogP contribution in [0.1, 0.15) is 5.56 Å². The Kier molecular flexibility index (Phi) is 3.58. The molecule has 88 valence electrons. The van der Waals surface area contributed by atoms with Gasteiger partial charge in [0.1, 0.15) is 18.0 Å². The van der Waals surface area contributed by atoms with Crippen molar-refractivity contribution in [3.05, 3.63) is 46.7 Å². The van der Waals surface area contributed by atoms with Crippen molar-refractivity contribution in [3.8, 4) is 0 Å². The molecular formula is C12H13BrN4. The van der Waals surface area contributed by atoms with Crippen molar-refractivity contribution in [1.29, 1.82) is 0 Å². The summed E-state index contributed by atoms with van der Waals surface area (Å²) in [5, 5.41) is 0. The molecule has 2 rings (SSSR count). The fourth-order valence-electron chi connectivity index (χ4n) is 1.56. The average molecular weight is 293 g/mol. The summed E-state index contributed by atoms with van der Waals surface area (Å²) in [6, 6.07) is 9.94. The zero-order valence-corrected chi connectivity index (χ0v) is 11.1. The molecular weight excluding hydrogens is 280 g/mol. The maximum atomic E-state index is 5.63. The van der Waals surface area contributed by atoms with Gasteiger partial charge in [0.25, 0.3) is 0 Å². The Hall–Kier alpha value is -1.62. The lowest BCUT2D eigenvalue weighted by Gasteiger charge is -2.18. The van der Waals surface area contributed by atoms with Crippen LogP contribution in [-0.2, 0) is 6.54 Å². The number of nitrogen functional groups attached to an aromatic ring is 1. The lowest BCUT2D eigenvalue weighted by Crippen LogP contribution is -2.18. The summed E-state index contributed by atoms with van der Waals surface area (Å²) in [6.07, 6.45) is 1.47. The van der Waals surface area contributed by atoms with Crippen LogP contribution in [0.4, 0.5) is 11.6 Å². The van der Waals surface area contributed by atoms with Crippen LogP contribution in [0, 0.1) is 0 Å². The van der Waals surface area contributed by atoms with E-state index in [2.05, 4.69) is 38.0 Å². The van der Waals surface area contributed by atoms with Gasteiger partial charge in [-0.25, -0.2) is 9.97 Å². The van der Waals surface area contributed by atoms with E-state index >= 15 is 0 Å². The van der Waals surface area contributed by atoms with Gasteiger partial charge in [-0.15, -0.1) is 0 Å². The summed E-state index contributed by atoms with van der Waals surface area (Å²) >= 11 is 3.46. The van der Waals surface area contributed by atoms with Crippen molar-refractivity contribution in [2.75, 3.05) is 17.7 Å². The van der Waals surface area contributed by atoms with E-state index in [4.69, 9.17) is 5.73 Å². The lowest BCUT2D eigenvalue weighted by atomic mass is 10.2. The number of aromatic nitrogens is 2. The van der Waals surface area contributed by atoms with Gasteiger partial charge in [0.15, 0.2) is 0 Å². The largest absolute Gasteiger partial charge is 0.384 e. The summed E-state index contributed by atoms with van der Waals surface area (Å²) in [4.78, 5) is 10.1. The molecule has 0 amide bonds. The number of rotatable bonds is 3. The van der Waals surface area contributed by atoms with E-state index in [0.29, 0.717) is 5.82 Å². The van der Waals surface area contributed by atoms with Crippen LogP contribution in [0.5, 0.6) is 0 Å². The monoisotopic (exact) mass is 292 g/mol. The van der Waals surface area contributed by atoms with Gasteiger partial charge in [-0.3, -0.25) is 0 Å². The molecule has 0 aliphatic carbocycles. The van der Waals surface area contributed by atoms with Gasteiger partial charge >= 0.3 is 0 Å². The van der Waals surface area contributed by atoms with Gasteiger partial charge in [0.2, 0.25) is 0 Å². The highest BCUT2D eigenvalue weighted by atomic mass is 79.9. The number of anilines is 2. The first-order valence-corrected chi connectivity index (χ1v) is 5.97. The maximum Gasteiger partial charge on any atom is 0.134 e. The Morgan fingerprint density at radius 1 is 1.29 bits per heavy atom. The summed E-state index contributed by atoms with van der Waals surface area (Å²) in [7, 11) is 1.97. The van der Waals surface area contributed by atoms with Crippen LogP contribution < -0.4 is 10.6 Å². The molecule has 1 aromatic carbocycles. The Balaban J connectivity index is 2.14. The second-order valence-electron chi connectivity index (χ2n) is 3.79. The zero-order valence-electron chi connectivity index (χ0n) is 9.47. The summed E-state index contributed by atoms with van der Waals surface area (Å²) in [5.74, 6) is 1.30. The summed E-state index contributed by atoms with van der Waals surface area (Å²) in [6.45, 7) is 0.774. The highest BCUT2D eigenvalue weighted by molar-refractivity contribution is 9.10. The molecule has 17 heavy (non-hydrogen) atoms. The SMILES string of the molecule is CN(Cc1cccc(Br)c1)c1cc(N)ncn1. The number of halogens is 1. The first-order valence-electron chi connectivity index (χ1n) is 5.18.